The molecule has 16 heteroatoms. The highest BCUT2D eigenvalue weighted by Gasteiger charge is 2.81. The maximum Gasteiger partial charge on any atom is 0.457 e. The minimum atomic E-state index is -7.22. The molecule has 2 aromatic rings. The minimum absolute atomic E-state index is 0.431. The van der Waals surface area contributed by atoms with Crippen LogP contribution in [0.3, 0.4) is 0 Å². The number of amides is 1. The smallest absolute Gasteiger partial charge is 0.320 e. The fourth-order valence-electron chi connectivity index (χ4n) is 2.70. The first-order valence-electron chi connectivity index (χ1n) is 8.33. The van der Waals surface area contributed by atoms with Crippen LogP contribution in [-0.2, 0) is 11.8 Å². The Morgan fingerprint density at radius 2 is 1.32 bits per heavy atom. The fourth-order valence-corrected chi connectivity index (χ4v) is 3.26. The van der Waals surface area contributed by atoms with Crippen molar-refractivity contribution >= 4 is 27.5 Å². The molecule has 0 radical (unpaired) electrons. The lowest BCUT2D eigenvalue weighted by atomic mass is 9.86. The van der Waals surface area contributed by atoms with Gasteiger partial charge in [-0.25, -0.2) is 8.78 Å². The monoisotopic (exact) mass is 579 g/mol. The van der Waals surface area contributed by atoms with Crippen molar-refractivity contribution in [3.8, 4) is 0 Å². The molecule has 0 saturated carbocycles. The van der Waals surface area contributed by atoms with Crippen LogP contribution in [0.25, 0.3) is 0 Å². The molecule has 0 bridgehead atoms. The number of rotatable bonds is 4. The largest absolute Gasteiger partial charge is 0.457 e. The van der Waals surface area contributed by atoms with Crippen molar-refractivity contribution < 1.29 is 61.9 Å². The molecule has 0 spiro atoms. The van der Waals surface area contributed by atoms with Crippen LogP contribution >= 0.6 is 15.9 Å². The van der Waals surface area contributed by atoms with Gasteiger partial charge in [0.05, 0.1) is 16.8 Å². The topological polar surface area (TPSA) is 29.1 Å². The lowest BCUT2D eigenvalue weighted by Gasteiger charge is -2.36. The number of alkyl halides is 12. The number of carbonyl (C=O) groups excluding carboxylic acids is 1. The van der Waals surface area contributed by atoms with Crippen LogP contribution in [0.2, 0.25) is 0 Å². The summed E-state index contributed by atoms with van der Waals surface area (Å²) in [6.45, 7) is 0. The molecule has 0 aromatic heterocycles. The van der Waals surface area contributed by atoms with Gasteiger partial charge in [0.25, 0.3) is 5.91 Å². The van der Waals surface area contributed by atoms with Crippen molar-refractivity contribution in [1.82, 2.24) is 0 Å². The maximum atomic E-state index is 14.6. The Bertz CT molecular complexity index is 1090. The first-order chi connectivity index (χ1) is 15.2. The predicted octanol–water partition coefficient (Wildman–Crippen LogP) is 7.78. The number of nitrogens with one attached hydrogen (secondary N) is 1. The standard InChI is InChI=1S/C18H7BrF13NO/c19-10-6-7(14(21,17(27,28)29)16(25,26)18(30,31)32)5-9(15(22,23)24)12(10)33-13(34)8-3-1-2-4-11(8)20/h1-6H,(H,33,34). The van der Waals surface area contributed by atoms with E-state index in [0.29, 0.717) is 0 Å². The van der Waals surface area contributed by atoms with Gasteiger partial charge < -0.3 is 5.32 Å². The molecule has 0 aliphatic rings. The second-order valence-electron chi connectivity index (χ2n) is 6.54. The van der Waals surface area contributed by atoms with Crippen LogP contribution in [0.4, 0.5) is 62.8 Å². The Morgan fingerprint density at radius 1 is 0.794 bits per heavy atom. The summed E-state index contributed by atoms with van der Waals surface area (Å²) < 4.78 is 172. The average molecular weight is 580 g/mol. The third kappa shape index (κ3) is 4.68. The summed E-state index contributed by atoms with van der Waals surface area (Å²) >= 11 is 2.22. The molecule has 2 rings (SSSR count). The molecular weight excluding hydrogens is 573 g/mol. The Labute approximate surface area is 188 Å². The lowest BCUT2D eigenvalue weighted by Crippen LogP contribution is -2.59. The van der Waals surface area contributed by atoms with Crippen molar-refractivity contribution in [1.29, 1.82) is 0 Å². The molecule has 34 heavy (non-hydrogen) atoms. The van der Waals surface area contributed by atoms with Crippen LogP contribution in [0.15, 0.2) is 40.9 Å². The molecule has 1 amide bonds. The highest BCUT2D eigenvalue weighted by atomic mass is 79.9. The summed E-state index contributed by atoms with van der Waals surface area (Å²) in [5.41, 5.74) is -14.2. The molecule has 0 saturated heterocycles. The van der Waals surface area contributed by atoms with Gasteiger partial charge in [0.15, 0.2) is 0 Å². The zero-order valence-corrected chi connectivity index (χ0v) is 17.2. The van der Waals surface area contributed by atoms with Gasteiger partial charge in [0.2, 0.25) is 0 Å². The van der Waals surface area contributed by atoms with Crippen LogP contribution in [0, 0.1) is 5.82 Å². The van der Waals surface area contributed by atoms with E-state index in [1.807, 2.05) is 0 Å². The molecule has 2 aromatic carbocycles. The van der Waals surface area contributed by atoms with Crippen molar-refractivity contribution in [2.24, 2.45) is 0 Å². The molecule has 188 valence electrons. The second-order valence-corrected chi connectivity index (χ2v) is 7.40. The Morgan fingerprint density at radius 3 is 1.76 bits per heavy atom. The molecule has 1 N–H and O–H groups in total. The predicted molar refractivity (Wildman–Crippen MR) is 93.3 cm³/mol. The van der Waals surface area contributed by atoms with Gasteiger partial charge in [-0.2, -0.15) is 48.3 Å². The normalized spacial score (nSPS) is 15.1. The van der Waals surface area contributed by atoms with Gasteiger partial charge in [-0.1, -0.05) is 12.1 Å². The van der Waals surface area contributed by atoms with Crippen LogP contribution in [0.5, 0.6) is 0 Å². The lowest BCUT2D eigenvalue weighted by molar-refractivity contribution is -0.389. The summed E-state index contributed by atoms with van der Waals surface area (Å²) in [6, 6.07) is 2.31. The summed E-state index contributed by atoms with van der Waals surface area (Å²) in [5.74, 6) is -10.1. The number of benzene rings is 2. The third-order valence-corrected chi connectivity index (χ3v) is 4.96. The van der Waals surface area contributed by atoms with Gasteiger partial charge in [0.1, 0.15) is 5.82 Å². The van der Waals surface area contributed by atoms with Crippen molar-refractivity contribution in [2.75, 3.05) is 5.32 Å². The Hall–Kier alpha value is -2.52. The third-order valence-electron chi connectivity index (χ3n) is 4.33. The summed E-state index contributed by atoms with van der Waals surface area (Å²) in [7, 11) is 0. The van der Waals surface area contributed by atoms with Gasteiger partial charge in [-0.05, 0) is 40.2 Å². The van der Waals surface area contributed by atoms with E-state index < -0.39 is 80.8 Å². The van der Waals surface area contributed by atoms with Gasteiger partial charge >= 0.3 is 30.1 Å². The van der Waals surface area contributed by atoms with E-state index in [-0.39, 0.29) is 0 Å². The summed E-state index contributed by atoms with van der Waals surface area (Å²) in [4.78, 5) is 12.1. The van der Waals surface area contributed by atoms with Gasteiger partial charge in [-0.3, -0.25) is 4.79 Å². The van der Waals surface area contributed by atoms with Gasteiger partial charge in [0, 0.05) is 10.0 Å². The highest BCUT2D eigenvalue weighted by Crippen LogP contribution is 2.59. The number of anilines is 1. The molecule has 2 nitrogen and oxygen atoms in total. The van der Waals surface area contributed by atoms with Crippen LogP contribution < -0.4 is 5.32 Å². The summed E-state index contributed by atoms with van der Waals surface area (Å²) in [5, 5.41) is 1.47. The molecule has 1 atom stereocenters. The van der Waals surface area contributed by atoms with Crippen molar-refractivity contribution in [3.63, 3.8) is 0 Å². The van der Waals surface area contributed by atoms with E-state index in [9.17, 15) is 61.9 Å². The van der Waals surface area contributed by atoms with Crippen molar-refractivity contribution in [2.45, 2.75) is 30.1 Å². The first kappa shape index (κ1) is 27.7. The molecule has 1 unspecified atom stereocenters. The van der Waals surface area contributed by atoms with Crippen molar-refractivity contribution in [3.05, 3.63) is 63.4 Å². The van der Waals surface area contributed by atoms with E-state index >= 15 is 0 Å². The molecule has 0 aliphatic carbocycles. The van der Waals surface area contributed by atoms with Gasteiger partial charge in [-0.15, -0.1) is 0 Å². The van der Waals surface area contributed by atoms with Crippen LogP contribution in [0.1, 0.15) is 21.5 Å². The van der Waals surface area contributed by atoms with E-state index in [4.69, 9.17) is 0 Å². The molecule has 0 aliphatic heterocycles. The first-order valence-corrected chi connectivity index (χ1v) is 9.12. The molecular formula is C18H7BrF13NO. The van der Waals surface area contributed by atoms with E-state index in [1.165, 1.54) is 5.32 Å². The number of hydrogen-bond donors (Lipinski definition) is 1. The minimum Gasteiger partial charge on any atom is -0.320 e. The highest BCUT2D eigenvalue weighted by molar-refractivity contribution is 9.10. The number of carbonyl (C=O) groups is 1. The number of halogens is 14. The van der Waals surface area contributed by atoms with E-state index in [2.05, 4.69) is 15.9 Å². The van der Waals surface area contributed by atoms with Crippen LogP contribution in [-0.4, -0.2) is 24.2 Å². The summed E-state index contributed by atoms with van der Waals surface area (Å²) in [6.07, 6.45) is -20.0. The Balaban J connectivity index is 2.80. The average Bonchev–Trinajstić information content (AvgIpc) is 2.66. The second kappa shape index (κ2) is 8.61. The maximum absolute atomic E-state index is 14.6. The molecule has 0 heterocycles. The fraction of sp³-hybridized carbons (Fsp3) is 0.278. The van der Waals surface area contributed by atoms with E-state index in [1.54, 1.807) is 0 Å². The SMILES string of the molecule is O=C(Nc1c(Br)cc(C(F)(C(F)(F)F)C(F)(F)C(F)(F)F)cc1C(F)(F)F)c1ccccc1F. The quantitative estimate of drug-likeness (QED) is 0.368. The zero-order chi connectivity index (χ0) is 26.5. The van der Waals surface area contributed by atoms with E-state index in [0.717, 1.165) is 24.3 Å². The molecule has 0 fully saturated rings. The zero-order valence-electron chi connectivity index (χ0n) is 15.7. The number of hydrogen-bond acceptors (Lipinski definition) is 1. The Kier molecular flexibility index (Phi) is 7.02.